The molecule has 0 aliphatic carbocycles. The Balaban J connectivity index is 3.94. The Hall–Kier alpha value is 0.170. The molecule has 2 unspecified atom stereocenters. The smallest absolute Gasteiger partial charge is 0.0640 e. The molecule has 0 saturated carbocycles. The van der Waals surface area contributed by atoms with Crippen LogP contribution in [0, 0.1) is 0 Å². The Kier molecular flexibility index (Phi) is 5.84. The van der Waals surface area contributed by atoms with E-state index in [1.807, 2.05) is 38.0 Å². The lowest BCUT2D eigenvalue weighted by molar-refractivity contribution is 0.156. The predicted molar refractivity (Wildman–Crippen MR) is 52.8 cm³/mol. The highest BCUT2D eigenvalue weighted by Crippen LogP contribution is 2.08. The highest BCUT2D eigenvalue weighted by Gasteiger charge is 2.20. The molecule has 0 amide bonds. The van der Waals surface area contributed by atoms with Gasteiger partial charge in [0.25, 0.3) is 0 Å². The Morgan fingerprint density at radius 1 is 1.25 bits per heavy atom. The highest BCUT2D eigenvalue weighted by atomic mass is 35.5. The standard InChI is InChI=1S/C8H19ClN2O/c1-10(2)5-7(9)8(6-12)11(3)4/h7-8,12H,5-6H2,1-4H3. The van der Waals surface area contributed by atoms with E-state index in [2.05, 4.69) is 0 Å². The third-order valence-corrected chi connectivity index (χ3v) is 2.24. The van der Waals surface area contributed by atoms with Crippen molar-refractivity contribution in [1.29, 1.82) is 0 Å². The first-order valence-electron chi connectivity index (χ1n) is 4.05. The van der Waals surface area contributed by atoms with Gasteiger partial charge in [-0.3, -0.25) is 0 Å². The van der Waals surface area contributed by atoms with E-state index in [9.17, 15) is 0 Å². The predicted octanol–water partition coefficient (Wildman–Crippen LogP) is 0.0779. The van der Waals surface area contributed by atoms with Gasteiger partial charge in [-0.2, -0.15) is 0 Å². The minimum absolute atomic E-state index is 0.0278. The van der Waals surface area contributed by atoms with Gasteiger partial charge in [0.05, 0.1) is 12.0 Å². The van der Waals surface area contributed by atoms with Crippen molar-refractivity contribution in [3.63, 3.8) is 0 Å². The van der Waals surface area contributed by atoms with Crippen LogP contribution in [0.15, 0.2) is 0 Å². The van der Waals surface area contributed by atoms with E-state index in [-0.39, 0.29) is 18.0 Å². The first-order valence-corrected chi connectivity index (χ1v) is 4.48. The summed E-state index contributed by atoms with van der Waals surface area (Å²) in [6.45, 7) is 0.889. The Labute approximate surface area is 79.9 Å². The van der Waals surface area contributed by atoms with E-state index >= 15 is 0 Å². The summed E-state index contributed by atoms with van der Waals surface area (Å²) >= 11 is 6.09. The zero-order valence-corrected chi connectivity index (χ0v) is 9.04. The van der Waals surface area contributed by atoms with Crippen LogP contribution >= 0.6 is 11.6 Å². The average molecular weight is 195 g/mol. The van der Waals surface area contributed by atoms with E-state index in [0.717, 1.165) is 6.54 Å². The van der Waals surface area contributed by atoms with Crippen molar-refractivity contribution in [2.24, 2.45) is 0 Å². The Morgan fingerprint density at radius 2 is 1.75 bits per heavy atom. The summed E-state index contributed by atoms with van der Waals surface area (Å²) in [6, 6.07) is 0.0362. The van der Waals surface area contributed by atoms with Crippen molar-refractivity contribution in [1.82, 2.24) is 9.80 Å². The molecule has 0 rings (SSSR count). The molecule has 0 aromatic rings. The lowest BCUT2D eigenvalue weighted by atomic mass is 10.2. The third-order valence-electron chi connectivity index (χ3n) is 1.81. The second-order valence-corrected chi connectivity index (χ2v) is 4.05. The van der Waals surface area contributed by atoms with Crippen LogP contribution in [0.2, 0.25) is 0 Å². The number of hydrogen-bond acceptors (Lipinski definition) is 3. The average Bonchev–Trinajstić information content (AvgIpc) is 1.85. The van der Waals surface area contributed by atoms with Crippen LogP contribution in [-0.2, 0) is 0 Å². The summed E-state index contributed by atoms with van der Waals surface area (Å²) in [5.41, 5.74) is 0. The number of alkyl halides is 1. The quantitative estimate of drug-likeness (QED) is 0.628. The van der Waals surface area contributed by atoms with E-state index in [4.69, 9.17) is 16.7 Å². The monoisotopic (exact) mass is 194 g/mol. The van der Waals surface area contributed by atoms with Gasteiger partial charge in [-0.15, -0.1) is 11.6 Å². The summed E-state index contributed by atoms with van der Waals surface area (Å²) < 4.78 is 0. The van der Waals surface area contributed by atoms with E-state index < -0.39 is 0 Å². The van der Waals surface area contributed by atoms with Gasteiger partial charge in [0.1, 0.15) is 0 Å². The maximum Gasteiger partial charge on any atom is 0.0640 e. The molecule has 4 heteroatoms. The normalized spacial score (nSPS) is 17.0. The van der Waals surface area contributed by atoms with Crippen LogP contribution in [0.3, 0.4) is 0 Å². The van der Waals surface area contributed by atoms with Gasteiger partial charge in [-0.1, -0.05) is 0 Å². The SMILES string of the molecule is CN(C)CC(Cl)C(CO)N(C)C. The van der Waals surface area contributed by atoms with Crippen molar-refractivity contribution in [2.75, 3.05) is 41.3 Å². The second-order valence-electron chi connectivity index (χ2n) is 3.49. The fraction of sp³-hybridized carbons (Fsp3) is 1.00. The van der Waals surface area contributed by atoms with E-state index in [0.29, 0.717) is 0 Å². The second kappa shape index (κ2) is 5.75. The highest BCUT2D eigenvalue weighted by molar-refractivity contribution is 6.21. The minimum atomic E-state index is -0.0278. The molecule has 0 aromatic heterocycles. The molecule has 0 radical (unpaired) electrons. The lowest BCUT2D eigenvalue weighted by Gasteiger charge is -2.28. The van der Waals surface area contributed by atoms with Crippen LogP contribution in [-0.4, -0.2) is 67.7 Å². The fourth-order valence-electron chi connectivity index (χ4n) is 1.07. The number of rotatable bonds is 5. The van der Waals surface area contributed by atoms with Crippen molar-refractivity contribution < 1.29 is 5.11 Å². The molecule has 0 aliphatic heterocycles. The van der Waals surface area contributed by atoms with Crippen LogP contribution in [0.1, 0.15) is 0 Å². The molecule has 2 atom stereocenters. The van der Waals surface area contributed by atoms with Crippen LogP contribution in [0.5, 0.6) is 0 Å². The van der Waals surface area contributed by atoms with Gasteiger partial charge in [-0.25, -0.2) is 0 Å². The number of halogens is 1. The Bertz CT molecular complexity index is 120. The molecule has 0 fully saturated rings. The molecular weight excluding hydrogens is 176 g/mol. The van der Waals surface area contributed by atoms with E-state index in [1.54, 1.807) is 0 Å². The molecule has 0 bridgehead atoms. The van der Waals surface area contributed by atoms with Crippen molar-refractivity contribution >= 4 is 11.6 Å². The zero-order chi connectivity index (χ0) is 9.72. The first kappa shape index (κ1) is 12.2. The van der Waals surface area contributed by atoms with Gasteiger partial charge in [0.15, 0.2) is 0 Å². The number of aliphatic hydroxyl groups excluding tert-OH is 1. The number of nitrogens with zero attached hydrogens (tertiary/aromatic N) is 2. The van der Waals surface area contributed by atoms with Crippen molar-refractivity contribution in [3.8, 4) is 0 Å². The maximum atomic E-state index is 9.04. The summed E-state index contributed by atoms with van der Waals surface area (Å²) in [5.74, 6) is 0. The fourth-order valence-corrected chi connectivity index (χ4v) is 1.65. The topological polar surface area (TPSA) is 26.7 Å². The molecule has 0 aliphatic rings. The van der Waals surface area contributed by atoms with Crippen LogP contribution in [0.4, 0.5) is 0 Å². The molecule has 74 valence electrons. The van der Waals surface area contributed by atoms with Gasteiger partial charge < -0.3 is 14.9 Å². The minimum Gasteiger partial charge on any atom is -0.395 e. The molecule has 1 N–H and O–H groups in total. The van der Waals surface area contributed by atoms with Gasteiger partial charge in [-0.05, 0) is 28.2 Å². The molecule has 3 nitrogen and oxygen atoms in total. The van der Waals surface area contributed by atoms with Crippen molar-refractivity contribution in [3.05, 3.63) is 0 Å². The maximum absolute atomic E-state index is 9.04. The summed E-state index contributed by atoms with van der Waals surface area (Å²) in [6.07, 6.45) is 0. The third kappa shape index (κ3) is 4.26. The molecule has 0 saturated heterocycles. The summed E-state index contributed by atoms with van der Waals surface area (Å²) in [4.78, 5) is 3.96. The van der Waals surface area contributed by atoms with E-state index in [1.165, 1.54) is 0 Å². The van der Waals surface area contributed by atoms with Crippen LogP contribution in [0.25, 0.3) is 0 Å². The van der Waals surface area contributed by atoms with Gasteiger partial charge in [0, 0.05) is 12.6 Å². The molecular formula is C8H19ClN2O. The van der Waals surface area contributed by atoms with Crippen molar-refractivity contribution in [2.45, 2.75) is 11.4 Å². The molecule has 12 heavy (non-hydrogen) atoms. The zero-order valence-electron chi connectivity index (χ0n) is 8.29. The lowest BCUT2D eigenvalue weighted by Crippen LogP contribution is -2.43. The van der Waals surface area contributed by atoms with Gasteiger partial charge >= 0.3 is 0 Å². The Morgan fingerprint density at radius 3 is 2.00 bits per heavy atom. The van der Waals surface area contributed by atoms with Gasteiger partial charge in [0.2, 0.25) is 0 Å². The molecule has 0 aromatic carbocycles. The number of hydrogen-bond donors (Lipinski definition) is 1. The number of aliphatic hydroxyl groups is 1. The molecule has 0 spiro atoms. The number of likely N-dealkylation sites (N-methyl/N-ethyl adjacent to an activating group) is 1. The summed E-state index contributed by atoms with van der Waals surface area (Å²) in [5, 5.41) is 9.01. The largest absolute Gasteiger partial charge is 0.395 e. The summed E-state index contributed by atoms with van der Waals surface area (Å²) in [7, 11) is 7.79. The molecule has 0 heterocycles. The van der Waals surface area contributed by atoms with Crippen LogP contribution < -0.4 is 0 Å². The first-order chi connectivity index (χ1) is 5.49.